The Labute approximate surface area is 94.1 Å². The van der Waals surface area contributed by atoms with Crippen molar-refractivity contribution < 1.29 is 14.7 Å². The van der Waals surface area contributed by atoms with Gasteiger partial charge in [0.15, 0.2) is 0 Å². The van der Waals surface area contributed by atoms with Gasteiger partial charge in [-0.1, -0.05) is 6.08 Å². The van der Waals surface area contributed by atoms with Crippen LogP contribution in [0.25, 0.3) is 0 Å². The average molecular weight is 235 g/mol. The van der Waals surface area contributed by atoms with Crippen molar-refractivity contribution in [3.8, 4) is 0 Å². The van der Waals surface area contributed by atoms with Crippen LogP contribution in [-0.4, -0.2) is 29.6 Å². The minimum atomic E-state index is -1.02. The van der Waals surface area contributed by atoms with Gasteiger partial charge in [0.05, 0.1) is 0 Å². The fraction of sp³-hybridized carbons (Fsp3) is 0.556. The highest BCUT2D eigenvalue weighted by atomic mass is 35.5. The number of nitrogens with two attached hydrogens (primary N) is 1. The third kappa shape index (κ3) is 4.80. The fourth-order valence-corrected chi connectivity index (χ4v) is 1.48. The first-order valence-corrected chi connectivity index (χ1v) is 4.54. The van der Waals surface area contributed by atoms with Gasteiger partial charge in [0.25, 0.3) is 0 Å². The number of nitrogens with one attached hydrogen (secondary N) is 1. The van der Waals surface area contributed by atoms with Crippen molar-refractivity contribution >= 4 is 24.3 Å². The maximum absolute atomic E-state index is 11.1. The number of carboxylic acid groups (broad SMARTS) is 1. The lowest BCUT2D eigenvalue weighted by molar-refractivity contribution is -0.131. The molecular weight excluding hydrogens is 220 g/mol. The number of rotatable bonds is 4. The van der Waals surface area contributed by atoms with Gasteiger partial charge in [0.1, 0.15) is 0 Å². The first-order valence-electron chi connectivity index (χ1n) is 4.54. The van der Waals surface area contributed by atoms with E-state index in [1.54, 1.807) is 0 Å². The fourth-order valence-electron chi connectivity index (χ4n) is 1.48. The lowest BCUT2D eigenvalue weighted by Crippen LogP contribution is -2.26. The molecule has 1 fully saturated rings. The number of halogens is 1. The molecule has 0 radical (unpaired) electrons. The van der Waals surface area contributed by atoms with Gasteiger partial charge in [-0.05, 0) is 12.8 Å². The second-order valence-electron chi connectivity index (χ2n) is 3.37. The van der Waals surface area contributed by atoms with E-state index in [2.05, 4.69) is 5.32 Å². The second kappa shape index (κ2) is 6.42. The van der Waals surface area contributed by atoms with Crippen LogP contribution in [0, 0.1) is 5.92 Å². The van der Waals surface area contributed by atoms with E-state index in [4.69, 9.17) is 10.8 Å². The van der Waals surface area contributed by atoms with Crippen molar-refractivity contribution in [2.75, 3.05) is 6.54 Å². The van der Waals surface area contributed by atoms with E-state index in [1.165, 1.54) is 6.08 Å². The number of carbonyl (C=O) groups excluding carboxylic acids is 1. The van der Waals surface area contributed by atoms with Gasteiger partial charge in [0.2, 0.25) is 5.91 Å². The van der Waals surface area contributed by atoms with Crippen LogP contribution in [0.3, 0.4) is 0 Å². The Bertz CT molecular complexity index is 268. The van der Waals surface area contributed by atoms with Gasteiger partial charge < -0.3 is 16.2 Å². The summed E-state index contributed by atoms with van der Waals surface area (Å²) >= 11 is 0. The van der Waals surface area contributed by atoms with E-state index in [0.717, 1.165) is 12.5 Å². The minimum Gasteiger partial charge on any atom is -0.478 e. The number of hydrogen-bond donors (Lipinski definition) is 3. The van der Waals surface area contributed by atoms with Crippen molar-refractivity contribution in [3.63, 3.8) is 0 Å². The maximum atomic E-state index is 11.1. The number of aliphatic carboxylic acids is 1. The van der Waals surface area contributed by atoms with Crippen molar-refractivity contribution in [2.45, 2.75) is 18.9 Å². The molecule has 0 aromatic carbocycles. The lowest BCUT2D eigenvalue weighted by Gasteiger charge is -2.09. The summed E-state index contributed by atoms with van der Waals surface area (Å²) in [6.07, 6.45) is 3.72. The highest BCUT2D eigenvalue weighted by Gasteiger charge is 2.25. The van der Waals surface area contributed by atoms with Gasteiger partial charge in [-0.15, -0.1) is 12.4 Å². The lowest BCUT2D eigenvalue weighted by atomic mass is 9.99. The Balaban J connectivity index is 0.00000196. The normalized spacial score (nSPS) is 22.2. The van der Waals surface area contributed by atoms with Gasteiger partial charge in [-0.2, -0.15) is 0 Å². The van der Waals surface area contributed by atoms with Gasteiger partial charge in [0, 0.05) is 24.6 Å². The molecule has 1 aliphatic rings. The molecule has 2 atom stereocenters. The summed E-state index contributed by atoms with van der Waals surface area (Å²) in [5, 5.41) is 11.1. The van der Waals surface area contributed by atoms with Crippen LogP contribution in [0.15, 0.2) is 12.2 Å². The van der Waals surface area contributed by atoms with E-state index in [0.29, 0.717) is 13.0 Å². The summed E-state index contributed by atoms with van der Waals surface area (Å²) in [4.78, 5) is 21.3. The summed E-state index contributed by atoms with van der Waals surface area (Å²) in [6, 6.07) is -0.361. The molecule has 15 heavy (non-hydrogen) atoms. The summed E-state index contributed by atoms with van der Waals surface area (Å²) in [6.45, 7) is 0.693. The molecule has 1 aliphatic heterocycles. The molecule has 4 N–H and O–H groups in total. The molecule has 0 bridgehead atoms. The van der Waals surface area contributed by atoms with Crippen molar-refractivity contribution in [1.29, 1.82) is 0 Å². The van der Waals surface area contributed by atoms with Crippen LogP contribution in [0.5, 0.6) is 0 Å². The molecule has 6 heteroatoms. The Morgan fingerprint density at radius 1 is 1.73 bits per heavy atom. The molecule has 0 saturated carbocycles. The smallest absolute Gasteiger partial charge is 0.328 e. The first kappa shape index (κ1) is 13.9. The van der Waals surface area contributed by atoms with Gasteiger partial charge >= 0.3 is 5.97 Å². The Morgan fingerprint density at radius 3 is 2.87 bits per heavy atom. The van der Waals surface area contributed by atoms with Crippen LogP contribution < -0.4 is 11.1 Å². The van der Waals surface area contributed by atoms with Gasteiger partial charge in [-0.25, -0.2) is 4.79 Å². The van der Waals surface area contributed by atoms with Crippen LogP contribution >= 0.6 is 12.4 Å². The summed E-state index contributed by atoms with van der Waals surface area (Å²) in [5.74, 6) is -1.07. The van der Waals surface area contributed by atoms with E-state index in [9.17, 15) is 9.59 Å². The van der Waals surface area contributed by atoms with Crippen LogP contribution in [0.1, 0.15) is 12.8 Å². The standard InChI is InChI=1S/C9H14N2O3.ClH/c10-7(1-2-8(12)13)5-6-3-4-11-9(6)14;/h1-2,6-7H,3-5,10H2,(H,11,14)(H,12,13);1H/b2-1+;/t6-,7?;/m0./s1. The van der Waals surface area contributed by atoms with Crippen molar-refractivity contribution in [1.82, 2.24) is 5.32 Å². The highest BCUT2D eigenvalue weighted by Crippen LogP contribution is 2.15. The topological polar surface area (TPSA) is 92.4 Å². The molecule has 5 nitrogen and oxygen atoms in total. The molecule has 1 rings (SSSR count). The largest absolute Gasteiger partial charge is 0.478 e. The zero-order valence-corrected chi connectivity index (χ0v) is 9.00. The van der Waals surface area contributed by atoms with E-state index >= 15 is 0 Å². The number of hydrogen-bond acceptors (Lipinski definition) is 3. The highest BCUT2D eigenvalue weighted by molar-refractivity contribution is 5.85. The van der Waals surface area contributed by atoms with E-state index in [-0.39, 0.29) is 30.3 Å². The third-order valence-electron chi connectivity index (χ3n) is 2.21. The number of amides is 1. The van der Waals surface area contributed by atoms with Crippen LogP contribution in [0.4, 0.5) is 0 Å². The zero-order valence-electron chi connectivity index (χ0n) is 8.18. The van der Waals surface area contributed by atoms with Gasteiger partial charge in [-0.3, -0.25) is 4.79 Å². The third-order valence-corrected chi connectivity index (χ3v) is 2.21. The monoisotopic (exact) mass is 234 g/mol. The van der Waals surface area contributed by atoms with Crippen LogP contribution in [-0.2, 0) is 9.59 Å². The summed E-state index contributed by atoms with van der Waals surface area (Å²) < 4.78 is 0. The molecule has 0 aromatic heterocycles. The molecule has 0 aliphatic carbocycles. The van der Waals surface area contributed by atoms with Crippen molar-refractivity contribution in [2.24, 2.45) is 11.7 Å². The Morgan fingerprint density at radius 2 is 2.40 bits per heavy atom. The molecule has 1 heterocycles. The molecular formula is C9H15ClN2O3. The minimum absolute atomic E-state index is 0. The second-order valence-corrected chi connectivity index (χ2v) is 3.37. The molecule has 1 unspecified atom stereocenters. The number of carbonyl (C=O) groups is 2. The number of carboxylic acids is 1. The average Bonchev–Trinajstić information content (AvgIpc) is 2.49. The first-order chi connectivity index (χ1) is 6.59. The predicted molar refractivity (Wildman–Crippen MR) is 57.7 cm³/mol. The summed E-state index contributed by atoms with van der Waals surface area (Å²) in [7, 11) is 0. The molecule has 0 spiro atoms. The molecule has 0 aromatic rings. The van der Waals surface area contributed by atoms with E-state index in [1.807, 2.05) is 0 Å². The molecule has 1 saturated heterocycles. The molecule has 1 amide bonds. The predicted octanol–water partition coefficient (Wildman–Crippen LogP) is -0.0975. The Kier molecular flexibility index (Phi) is 5.96. The maximum Gasteiger partial charge on any atom is 0.328 e. The zero-order chi connectivity index (χ0) is 10.6. The van der Waals surface area contributed by atoms with Crippen molar-refractivity contribution in [3.05, 3.63) is 12.2 Å². The Hall–Kier alpha value is -1.07. The van der Waals surface area contributed by atoms with Crippen LogP contribution in [0.2, 0.25) is 0 Å². The quantitative estimate of drug-likeness (QED) is 0.593. The van der Waals surface area contributed by atoms with E-state index < -0.39 is 5.97 Å². The summed E-state index contributed by atoms with van der Waals surface area (Å²) in [5.41, 5.74) is 5.63. The SMILES string of the molecule is Cl.NC(/C=C/C(=O)O)C[C@@H]1CCNC1=O. The molecule has 86 valence electrons.